The number of hydrogen-bond donors (Lipinski definition) is 0. The molecule has 3 nitrogen and oxygen atoms in total. The Morgan fingerprint density at radius 1 is 0.963 bits per heavy atom. The number of benzene rings is 2. The zero-order valence-corrected chi connectivity index (χ0v) is 16.4. The number of aromatic nitrogens is 1. The quantitative estimate of drug-likeness (QED) is 0.470. The molecule has 138 valence electrons. The van der Waals surface area contributed by atoms with Crippen LogP contribution >= 0.6 is 11.6 Å². The molecule has 4 heteroatoms. The Bertz CT molecular complexity index is 963. The molecule has 0 saturated carbocycles. The summed E-state index contributed by atoms with van der Waals surface area (Å²) >= 11 is 5.94. The summed E-state index contributed by atoms with van der Waals surface area (Å²) in [6.45, 7) is 5.57. The van der Waals surface area contributed by atoms with Gasteiger partial charge in [-0.1, -0.05) is 60.2 Å². The number of rotatable bonds is 3. The van der Waals surface area contributed by atoms with Gasteiger partial charge in [-0.2, -0.15) is 0 Å². The molecule has 0 fully saturated rings. The van der Waals surface area contributed by atoms with E-state index < -0.39 is 5.60 Å². The highest BCUT2D eigenvalue weighted by Gasteiger charge is 2.20. The van der Waals surface area contributed by atoms with Crippen molar-refractivity contribution in [1.29, 1.82) is 0 Å². The standard InChI is InChI=1S/C23H22ClNO2/c1-23(2,3)27-22(26)25-16-6-9-21(25)20-8-5-4-7-18(20)13-10-17-11-14-19(24)15-12-17/h4-16H,1-3H3/b13-10-. The second-order valence-corrected chi connectivity index (χ2v) is 7.65. The van der Waals surface area contributed by atoms with Gasteiger partial charge in [0.1, 0.15) is 5.60 Å². The van der Waals surface area contributed by atoms with E-state index in [4.69, 9.17) is 16.3 Å². The molecule has 1 aromatic heterocycles. The first-order valence-corrected chi connectivity index (χ1v) is 9.15. The second kappa shape index (κ2) is 7.85. The molecule has 1 heterocycles. The highest BCUT2D eigenvalue weighted by molar-refractivity contribution is 6.30. The molecule has 0 atom stereocenters. The maximum absolute atomic E-state index is 12.5. The highest BCUT2D eigenvalue weighted by Crippen LogP contribution is 2.27. The van der Waals surface area contributed by atoms with Crippen LogP contribution in [0.5, 0.6) is 0 Å². The van der Waals surface area contributed by atoms with E-state index in [-0.39, 0.29) is 6.09 Å². The van der Waals surface area contributed by atoms with E-state index in [9.17, 15) is 4.79 Å². The van der Waals surface area contributed by atoms with E-state index in [1.807, 2.05) is 93.6 Å². The third kappa shape index (κ3) is 4.89. The molecular weight excluding hydrogens is 358 g/mol. The summed E-state index contributed by atoms with van der Waals surface area (Å²) in [5, 5.41) is 0.711. The third-order valence-corrected chi connectivity index (χ3v) is 4.15. The Hall–Kier alpha value is -2.78. The zero-order valence-electron chi connectivity index (χ0n) is 15.6. The molecule has 2 aromatic carbocycles. The van der Waals surface area contributed by atoms with Gasteiger partial charge in [0.2, 0.25) is 0 Å². The largest absolute Gasteiger partial charge is 0.443 e. The van der Waals surface area contributed by atoms with Crippen molar-refractivity contribution in [2.24, 2.45) is 0 Å². The van der Waals surface area contributed by atoms with Gasteiger partial charge in [-0.25, -0.2) is 4.79 Å². The minimum atomic E-state index is -0.549. The van der Waals surface area contributed by atoms with Gasteiger partial charge in [-0.3, -0.25) is 4.57 Å². The number of halogens is 1. The van der Waals surface area contributed by atoms with Crippen molar-refractivity contribution in [2.75, 3.05) is 0 Å². The molecule has 0 radical (unpaired) electrons. The smallest absolute Gasteiger partial charge is 0.418 e. The first-order valence-electron chi connectivity index (χ1n) is 8.77. The summed E-state index contributed by atoms with van der Waals surface area (Å²) < 4.78 is 7.06. The molecule has 0 saturated heterocycles. The maximum Gasteiger partial charge on any atom is 0.418 e. The van der Waals surface area contributed by atoms with E-state index in [1.165, 1.54) is 0 Å². The first-order chi connectivity index (χ1) is 12.8. The van der Waals surface area contributed by atoms with E-state index in [0.29, 0.717) is 5.02 Å². The number of carbonyl (C=O) groups excluding carboxylic acids is 1. The van der Waals surface area contributed by atoms with Crippen LogP contribution in [-0.2, 0) is 4.74 Å². The lowest BCUT2D eigenvalue weighted by molar-refractivity contribution is 0.0540. The molecule has 0 spiro atoms. The van der Waals surface area contributed by atoms with Crippen LogP contribution in [-0.4, -0.2) is 16.3 Å². The van der Waals surface area contributed by atoms with Gasteiger partial charge in [0.05, 0.1) is 5.69 Å². The Morgan fingerprint density at radius 2 is 1.67 bits per heavy atom. The summed E-state index contributed by atoms with van der Waals surface area (Å²) in [5.74, 6) is 0. The van der Waals surface area contributed by atoms with Crippen molar-refractivity contribution in [3.63, 3.8) is 0 Å². The monoisotopic (exact) mass is 379 g/mol. The molecule has 3 rings (SSSR count). The number of hydrogen-bond acceptors (Lipinski definition) is 2. The Labute approximate surface area is 164 Å². The topological polar surface area (TPSA) is 31.2 Å². The lowest BCUT2D eigenvalue weighted by atomic mass is 10.0. The molecule has 0 N–H and O–H groups in total. The van der Waals surface area contributed by atoms with E-state index in [2.05, 4.69) is 0 Å². The van der Waals surface area contributed by atoms with Crippen LogP contribution in [0.2, 0.25) is 5.02 Å². The first kappa shape index (κ1) is 19.0. The van der Waals surface area contributed by atoms with Gasteiger partial charge in [-0.15, -0.1) is 0 Å². The van der Waals surface area contributed by atoms with E-state index in [0.717, 1.165) is 22.4 Å². The summed E-state index contributed by atoms with van der Waals surface area (Å²) in [6.07, 6.45) is 5.39. The maximum atomic E-state index is 12.5. The number of nitrogens with zero attached hydrogens (tertiary/aromatic N) is 1. The van der Waals surface area contributed by atoms with Crippen molar-refractivity contribution in [3.8, 4) is 11.3 Å². The molecule has 0 amide bonds. The predicted octanol–water partition coefficient (Wildman–Crippen LogP) is 6.76. The fraction of sp³-hybridized carbons (Fsp3) is 0.174. The summed E-state index contributed by atoms with van der Waals surface area (Å²) in [7, 11) is 0. The minimum Gasteiger partial charge on any atom is -0.443 e. The molecular formula is C23H22ClNO2. The fourth-order valence-electron chi connectivity index (χ4n) is 2.71. The van der Waals surface area contributed by atoms with Gasteiger partial charge < -0.3 is 4.74 Å². The summed E-state index contributed by atoms with van der Waals surface area (Å²) in [4.78, 5) is 12.5. The fourth-order valence-corrected chi connectivity index (χ4v) is 2.83. The lowest BCUT2D eigenvalue weighted by Crippen LogP contribution is -2.27. The minimum absolute atomic E-state index is 0.390. The van der Waals surface area contributed by atoms with Crippen molar-refractivity contribution < 1.29 is 9.53 Å². The van der Waals surface area contributed by atoms with E-state index >= 15 is 0 Å². The van der Waals surface area contributed by atoms with Gasteiger partial charge in [0.25, 0.3) is 0 Å². The highest BCUT2D eigenvalue weighted by atomic mass is 35.5. The van der Waals surface area contributed by atoms with Crippen LogP contribution in [0.1, 0.15) is 31.9 Å². The number of ether oxygens (including phenoxy) is 1. The summed E-state index contributed by atoms with van der Waals surface area (Å²) in [6, 6.07) is 19.4. The van der Waals surface area contributed by atoms with Crippen LogP contribution in [0.15, 0.2) is 66.9 Å². The van der Waals surface area contributed by atoms with Crippen molar-refractivity contribution in [2.45, 2.75) is 26.4 Å². The molecule has 0 aliphatic rings. The van der Waals surface area contributed by atoms with Crippen LogP contribution in [0.4, 0.5) is 4.79 Å². The Morgan fingerprint density at radius 3 is 2.37 bits per heavy atom. The van der Waals surface area contributed by atoms with Crippen molar-refractivity contribution >= 4 is 29.8 Å². The van der Waals surface area contributed by atoms with Crippen LogP contribution in [0.3, 0.4) is 0 Å². The Kier molecular flexibility index (Phi) is 5.52. The van der Waals surface area contributed by atoms with Crippen molar-refractivity contribution in [3.05, 3.63) is 83.0 Å². The molecule has 0 unspecified atom stereocenters. The second-order valence-electron chi connectivity index (χ2n) is 7.22. The van der Waals surface area contributed by atoms with Gasteiger partial charge in [0, 0.05) is 16.8 Å². The van der Waals surface area contributed by atoms with Gasteiger partial charge in [0.15, 0.2) is 0 Å². The average Bonchev–Trinajstić information content (AvgIpc) is 3.10. The van der Waals surface area contributed by atoms with Crippen molar-refractivity contribution in [1.82, 2.24) is 4.57 Å². The summed E-state index contributed by atoms with van der Waals surface area (Å²) in [5.41, 5.74) is 3.26. The Balaban J connectivity index is 1.94. The third-order valence-electron chi connectivity index (χ3n) is 3.90. The molecule has 27 heavy (non-hydrogen) atoms. The lowest BCUT2D eigenvalue weighted by Gasteiger charge is -2.20. The SMILES string of the molecule is CC(C)(C)OC(=O)n1cccc1-c1ccccc1/C=C\c1ccc(Cl)cc1. The normalized spacial score (nSPS) is 11.7. The van der Waals surface area contributed by atoms with Gasteiger partial charge in [-0.05, 0) is 56.2 Å². The predicted molar refractivity (Wildman–Crippen MR) is 112 cm³/mol. The van der Waals surface area contributed by atoms with Crippen LogP contribution in [0, 0.1) is 0 Å². The van der Waals surface area contributed by atoms with Crippen LogP contribution in [0.25, 0.3) is 23.4 Å². The zero-order chi connectivity index (χ0) is 19.4. The molecule has 0 aliphatic heterocycles. The molecule has 0 bridgehead atoms. The average molecular weight is 380 g/mol. The van der Waals surface area contributed by atoms with Gasteiger partial charge >= 0.3 is 6.09 Å². The van der Waals surface area contributed by atoms with Crippen LogP contribution < -0.4 is 0 Å². The molecule has 0 aliphatic carbocycles. The number of carbonyl (C=O) groups is 1. The molecule has 3 aromatic rings. The van der Waals surface area contributed by atoms with E-state index in [1.54, 1.807) is 10.8 Å².